The molecule has 124 valence electrons. The van der Waals surface area contributed by atoms with Gasteiger partial charge in [0.05, 0.1) is 11.6 Å². The Morgan fingerprint density at radius 1 is 1.13 bits per heavy atom. The molecule has 2 rings (SSSR count). The fourth-order valence-corrected chi connectivity index (χ4v) is 3.33. The first-order valence-corrected chi connectivity index (χ1v) is 8.75. The Hall–Kier alpha value is -1.76. The second-order valence-electron chi connectivity index (χ2n) is 4.88. The molecule has 0 atom stereocenters. The third kappa shape index (κ3) is 4.86. The van der Waals surface area contributed by atoms with Gasteiger partial charge >= 0.3 is 10.1 Å². The highest BCUT2D eigenvalue weighted by Gasteiger charge is 2.20. The van der Waals surface area contributed by atoms with Crippen molar-refractivity contribution < 1.29 is 22.4 Å². The molecule has 0 saturated carbocycles. The number of aliphatic hydroxyl groups excluding tert-OH is 1. The largest absolute Gasteiger partial charge is 0.493 e. The molecule has 0 amide bonds. The topological polar surface area (TPSA) is 72.8 Å². The van der Waals surface area contributed by atoms with Gasteiger partial charge in [-0.3, -0.25) is 0 Å². The van der Waals surface area contributed by atoms with Crippen LogP contribution in [-0.2, 0) is 10.1 Å². The highest BCUT2D eigenvalue weighted by molar-refractivity contribution is 7.87. The van der Waals surface area contributed by atoms with Crippen molar-refractivity contribution in [2.75, 3.05) is 13.2 Å². The lowest BCUT2D eigenvalue weighted by molar-refractivity contribution is 0.233. The first kappa shape index (κ1) is 17.6. The number of rotatable bonds is 7. The van der Waals surface area contributed by atoms with Crippen LogP contribution in [0, 0.1) is 6.92 Å². The minimum absolute atomic E-state index is 0.0239. The lowest BCUT2D eigenvalue weighted by atomic mass is 10.2. The molecule has 0 heterocycles. The van der Waals surface area contributed by atoms with Crippen molar-refractivity contribution in [1.82, 2.24) is 0 Å². The van der Waals surface area contributed by atoms with Crippen LogP contribution in [-0.4, -0.2) is 26.7 Å². The number of ether oxygens (including phenoxy) is 1. The zero-order valence-corrected chi connectivity index (χ0v) is 14.1. The molecule has 23 heavy (non-hydrogen) atoms. The van der Waals surface area contributed by atoms with Crippen molar-refractivity contribution in [2.45, 2.75) is 18.2 Å². The summed E-state index contributed by atoms with van der Waals surface area (Å²) in [7, 11) is -4.03. The van der Waals surface area contributed by atoms with Crippen molar-refractivity contribution in [3.63, 3.8) is 0 Å². The summed E-state index contributed by atoms with van der Waals surface area (Å²) < 4.78 is 35.3. The molecule has 0 bridgehead atoms. The molecule has 0 saturated heterocycles. The number of hydrogen-bond donors (Lipinski definition) is 1. The van der Waals surface area contributed by atoms with Crippen molar-refractivity contribution in [3.05, 3.63) is 53.1 Å². The summed E-state index contributed by atoms with van der Waals surface area (Å²) in [6, 6.07) is 10.9. The molecule has 0 aromatic heterocycles. The predicted molar refractivity (Wildman–Crippen MR) is 87.6 cm³/mol. The van der Waals surface area contributed by atoms with Gasteiger partial charge in [0.1, 0.15) is 16.4 Å². The van der Waals surface area contributed by atoms with Gasteiger partial charge in [-0.15, -0.1) is 0 Å². The first-order chi connectivity index (χ1) is 10.9. The van der Waals surface area contributed by atoms with E-state index in [0.29, 0.717) is 18.8 Å². The van der Waals surface area contributed by atoms with E-state index >= 15 is 0 Å². The monoisotopic (exact) mass is 356 g/mol. The van der Waals surface area contributed by atoms with Crippen LogP contribution in [0.5, 0.6) is 11.5 Å². The maximum absolute atomic E-state index is 12.3. The van der Waals surface area contributed by atoms with Crippen LogP contribution in [0.1, 0.15) is 12.0 Å². The molecule has 0 unspecified atom stereocenters. The highest BCUT2D eigenvalue weighted by atomic mass is 35.5. The minimum Gasteiger partial charge on any atom is -0.493 e. The molecule has 0 aliphatic heterocycles. The van der Waals surface area contributed by atoms with Crippen molar-refractivity contribution in [3.8, 4) is 11.5 Å². The van der Waals surface area contributed by atoms with Gasteiger partial charge in [-0.1, -0.05) is 23.7 Å². The zero-order chi connectivity index (χ0) is 16.9. The second-order valence-corrected chi connectivity index (χ2v) is 6.80. The molecule has 0 radical (unpaired) electrons. The molecular formula is C16H17ClO5S. The van der Waals surface area contributed by atoms with Crippen LogP contribution in [0.4, 0.5) is 0 Å². The fraction of sp³-hybridized carbons (Fsp3) is 0.250. The van der Waals surface area contributed by atoms with Gasteiger partial charge in [-0.25, -0.2) is 0 Å². The Bertz CT molecular complexity index is 774. The Morgan fingerprint density at radius 2 is 1.83 bits per heavy atom. The number of hydrogen-bond acceptors (Lipinski definition) is 5. The van der Waals surface area contributed by atoms with E-state index < -0.39 is 10.1 Å². The van der Waals surface area contributed by atoms with E-state index in [9.17, 15) is 8.42 Å². The summed E-state index contributed by atoms with van der Waals surface area (Å²) in [5, 5.41) is 8.86. The van der Waals surface area contributed by atoms with Crippen LogP contribution < -0.4 is 8.92 Å². The van der Waals surface area contributed by atoms with Crippen LogP contribution in [0.3, 0.4) is 0 Å². The average Bonchev–Trinajstić information content (AvgIpc) is 2.46. The fourth-order valence-electron chi connectivity index (χ4n) is 1.92. The highest BCUT2D eigenvalue weighted by Crippen LogP contribution is 2.28. The number of aryl methyl sites for hydroxylation is 1. The normalized spacial score (nSPS) is 11.3. The molecule has 0 spiro atoms. The van der Waals surface area contributed by atoms with Crippen LogP contribution in [0.15, 0.2) is 47.4 Å². The molecule has 1 N–H and O–H groups in total. The van der Waals surface area contributed by atoms with E-state index in [1.54, 1.807) is 31.2 Å². The third-order valence-corrected chi connectivity index (χ3v) is 4.66. The quantitative estimate of drug-likeness (QED) is 0.609. The Morgan fingerprint density at radius 3 is 2.52 bits per heavy atom. The zero-order valence-electron chi connectivity index (χ0n) is 12.5. The lowest BCUT2D eigenvalue weighted by Gasteiger charge is -2.11. The number of benzene rings is 2. The van der Waals surface area contributed by atoms with Gasteiger partial charge in [0.25, 0.3) is 0 Å². The van der Waals surface area contributed by atoms with E-state index in [-0.39, 0.29) is 22.3 Å². The summed E-state index contributed by atoms with van der Waals surface area (Å²) in [5.74, 6) is 0.617. The van der Waals surface area contributed by atoms with Gasteiger partial charge < -0.3 is 14.0 Å². The first-order valence-electron chi connectivity index (χ1n) is 6.97. The summed E-state index contributed by atoms with van der Waals surface area (Å²) in [4.78, 5) is -0.0917. The van der Waals surface area contributed by atoms with Crippen LogP contribution >= 0.6 is 11.6 Å². The Balaban J connectivity index is 2.24. The molecule has 2 aromatic rings. The van der Waals surface area contributed by atoms with Crippen molar-refractivity contribution in [2.24, 2.45) is 0 Å². The van der Waals surface area contributed by atoms with E-state index in [4.69, 9.17) is 25.6 Å². The third-order valence-electron chi connectivity index (χ3n) is 2.91. The predicted octanol–water partition coefficient (Wildman–Crippen LogP) is 3.18. The SMILES string of the molecule is Cc1cc(OCCCO)cc(OS(=O)(=O)c2ccccc2Cl)c1. The van der Waals surface area contributed by atoms with E-state index in [2.05, 4.69) is 0 Å². The van der Waals surface area contributed by atoms with Crippen molar-refractivity contribution in [1.29, 1.82) is 0 Å². The van der Waals surface area contributed by atoms with Gasteiger partial charge in [0, 0.05) is 19.1 Å². The smallest absolute Gasteiger partial charge is 0.340 e. The molecule has 0 aliphatic rings. The minimum atomic E-state index is -4.03. The van der Waals surface area contributed by atoms with Crippen molar-refractivity contribution >= 4 is 21.7 Å². The summed E-state index contributed by atoms with van der Waals surface area (Å²) in [6.07, 6.45) is 0.488. The van der Waals surface area contributed by atoms with E-state index in [0.717, 1.165) is 5.56 Å². The average molecular weight is 357 g/mol. The second kappa shape index (κ2) is 7.68. The summed E-state index contributed by atoms with van der Waals surface area (Å²) in [5.41, 5.74) is 0.788. The maximum atomic E-state index is 12.3. The lowest BCUT2D eigenvalue weighted by Crippen LogP contribution is -2.10. The molecule has 0 aliphatic carbocycles. The van der Waals surface area contributed by atoms with Crippen LogP contribution in [0.25, 0.3) is 0 Å². The van der Waals surface area contributed by atoms with Gasteiger partial charge in [0.15, 0.2) is 0 Å². The standard InChI is InChI=1S/C16H17ClO5S/c1-12-9-13(21-8-4-7-18)11-14(10-12)22-23(19,20)16-6-3-2-5-15(16)17/h2-3,5-6,9-11,18H,4,7-8H2,1H3. The molecule has 2 aromatic carbocycles. The molecular weight excluding hydrogens is 340 g/mol. The summed E-state index contributed by atoms with van der Waals surface area (Å²) in [6.45, 7) is 2.15. The van der Waals surface area contributed by atoms with E-state index in [1.807, 2.05) is 0 Å². The number of halogens is 1. The Kier molecular flexibility index (Phi) is 5.87. The van der Waals surface area contributed by atoms with Gasteiger partial charge in [-0.2, -0.15) is 8.42 Å². The van der Waals surface area contributed by atoms with Gasteiger partial charge in [-0.05, 0) is 36.8 Å². The molecule has 7 heteroatoms. The molecule has 5 nitrogen and oxygen atoms in total. The Labute approximate surface area is 140 Å². The maximum Gasteiger partial charge on any atom is 0.340 e. The summed E-state index contributed by atoms with van der Waals surface area (Å²) >= 11 is 5.91. The van der Waals surface area contributed by atoms with E-state index in [1.165, 1.54) is 18.2 Å². The van der Waals surface area contributed by atoms with Gasteiger partial charge in [0.2, 0.25) is 0 Å². The molecule has 0 fully saturated rings. The van der Waals surface area contributed by atoms with Crippen LogP contribution in [0.2, 0.25) is 5.02 Å². The number of aliphatic hydroxyl groups is 1.